The van der Waals surface area contributed by atoms with Gasteiger partial charge in [0.15, 0.2) is 0 Å². The SMILES string of the molecule is Nc1onc(-c2cccc(Br)c2)c1-c1cccc(Cl)c1. The number of anilines is 1. The van der Waals surface area contributed by atoms with Crippen LogP contribution < -0.4 is 5.73 Å². The van der Waals surface area contributed by atoms with Gasteiger partial charge in [-0.2, -0.15) is 0 Å². The molecule has 0 aliphatic rings. The zero-order chi connectivity index (χ0) is 14.1. The van der Waals surface area contributed by atoms with Crippen LogP contribution in [0.2, 0.25) is 5.02 Å². The Bertz CT molecular complexity index is 770. The minimum absolute atomic E-state index is 0.280. The normalized spacial score (nSPS) is 10.7. The van der Waals surface area contributed by atoms with Crippen LogP contribution in [0.15, 0.2) is 57.5 Å². The third kappa shape index (κ3) is 2.44. The average Bonchev–Trinajstić information content (AvgIpc) is 2.80. The fourth-order valence-electron chi connectivity index (χ4n) is 2.06. The van der Waals surface area contributed by atoms with Crippen molar-refractivity contribution in [3.63, 3.8) is 0 Å². The molecule has 0 spiro atoms. The zero-order valence-electron chi connectivity index (χ0n) is 10.3. The first-order valence-electron chi connectivity index (χ1n) is 5.92. The molecule has 0 saturated heterocycles. The Morgan fingerprint density at radius 3 is 2.55 bits per heavy atom. The van der Waals surface area contributed by atoms with E-state index in [1.54, 1.807) is 0 Å². The maximum absolute atomic E-state index is 6.04. The van der Waals surface area contributed by atoms with Crippen LogP contribution in [0, 0.1) is 0 Å². The largest absolute Gasteiger partial charge is 0.367 e. The van der Waals surface area contributed by atoms with E-state index in [0.29, 0.717) is 10.7 Å². The van der Waals surface area contributed by atoms with E-state index < -0.39 is 0 Å². The highest BCUT2D eigenvalue weighted by atomic mass is 79.9. The fourth-order valence-corrected chi connectivity index (χ4v) is 2.65. The van der Waals surface area contributed by atoms with Crippen molar-refractivity contribution in [1.82, 2.24) is 5.16 Å². The number of hydrogen-bond donors (Lipinski definition) is 1. The van der Waals surface area contributed by atoms with Crippen LogP contribution in [0.1, 0.15) is 0 Å². The topological polar surface area (TPSA) is 52.0 Å². The molecule has 0 fully saturated rings. The number of nitrogens with two attached hydrogens (primary N) is 1. The van der Waals surface area contributed by atoms with Gasteiger partial charge in [-0.05, 0) is 29.8 Å². The van der Waals surface area contributed by atoms with Crippen molar-refractivity contribution in [3.05, 3.63) is 58.0 Å². The van der Waals surface area contributed by atoms with Gasteiger partial charge in [0, 0.05) is 15.1 Å². The molecule has 2 aromatic carbocycles. The van der Waals surface area contributed by atoms with E-state index in [1.165, 1.54) is 0 Å². The smallest absolute Gasteiger partial charge is 0.230 e. The highest BCUT2D eigenvalue weighted by Gasteiger charge is 2.17. The molecule has 0 radical (unpaired) electrons. The highest BCUT2D eigenvalue weighted by Crippen LogP contribution is 2.37. The van der Waals surface area contributed by atoms with Crippen LogP contribution in [0.3, 0.4) is 0 Å². The molecule has 0 unspecified atom stereocenters. The molecule has 0 amide bonds. The first kappa shape index (κ1) is 13.2. The van der Waals surface area contributed by atoms with E-state index in [9.17, 15) is 0 Å². The summed E-state index contributed by atoms with van der Waals surface area (Å²) >= 11 is 9.49. The number of hydrogen-bond acceptors (Lipinski definition) is 3. The molecule has 0 aliphatic carbocycles. The lowest BCUT2D eigenvalue weighted by Crippen LogP contribution is -1.87. The first-order chi connectivity index (χ1) is 9.65. The average molecular weight is 350 g/mol. The number of aromatic nitrogens is 1. The molecule has 1 aromatic heterocycles. The maximum Gasteiger partial charge on any atom is 0.230 e. The highest BCUT2D eigenvalue weighted by molar-refractivity contribution is 9.10. The van der Waals surface area contributed by atoms with Crippen molar-refractivity contribution >= 4 is 33.4 Å². The van der Waals surface area contributed by atoms with E-state index in [4.69, 9.17) is 21.9 Å². The summed E-state index contributed by atoms with van der Waals surface area (Å²) in [7, 11) is 0. The Morgan fingerprint density at radius 1 is 1.05 bits per heavy atom. The molecule has 3 rings (SSSR count). The first-order valence-corrected chi connectivity index (χ1v) is 7.09. The quantitative estimate of drug-likeness (QED) is 0.708. The van der Waals surface area contributed by atoms with E-state index in [-0.39, 0.29) is 5.88 Å². The molecule has 0 saturated carbocycles. The second-order valence-corrected chi connectivity index (χ2v) is 5.64. The molecule has 1 heterocycles. The molecule has 3 nitrogen and oxygen atoms in total. The van der Waals surface area contributed by atoms with Crippen LogP contribution in [0.4, 0.5) is 5.88 Å². The summed E-state index contributed by atoms with van der Waals surface area (Å²) in [5.41, 5.74) is 9.18. The van der Waals surface area contributed by atoms with Crippen molar-refractivity contribution in [2.45, 2.75) is 0 Å². The Morgan fingerprint density at radius 2 is 1.80 bits per heavy atom. The van der Waals surface area contributed by atoms with Crippen molar-refractivity contribution in [3.8, 4) is 22.4 Å². The van der Waals surface area contributed by atoms with Crippen molar-refractivity contribution in [1.29, 1.82) is 0 Å². The third-order valence-electron chi connectivity index (χ3n) is 2.93. The van der Waals surface area contributed by atoms with Crippen molar-refractivity contribution < 1.29 is 4.52 Å². The van der Waals surface area contributed by atoms with Gasteiger partial charge in [0.25, 0.3) is 0 Å². The molecule has 0 bridgehead atoms. The van der Waals surface area contributed by atoms with E-state index in [1.807, 2.05) is 48.5 Å². The molecule has 100 valence electrons. The van der Waals surface area contributed by atoms with Crippen LogP contribution >= 0.6 is 27.5 Å². The number of halogens is 2. The van der Waals surface area contributed by atoms with Crippen LogP contribution in [-0.2, 0) is 0 Å². The molecule has 2 N–H and O–H groups in total. The molecule has 5 heteroatoms. The van der Waals surface area contributed by atoms with Gasteiger partial charge < -0.3 is 10.3 Å². The molecular formula is C15H10BrClN2O. The van der Waals surface area contributed by atoms with Gasteiger partial charge in [-0.25, -0.2) is 0 Å². The summed E-state index contributed by atoms with van der Waals surface area (Å²) in [6, 6.07) is 15.3. The molecular weight excluding hydrogens is 340 g/mol. The van der Waals surface area contributed by atoms with Gasteiger partial charge in [0.05, 0.1) is 5.56 Å². The lowest BCUT2D eigenvalue weighted by atomic mass is 10.0. The Kier molecular flexibility index (Phi) is 3.51. The molecule has 0 aliphatic heterocycles. The second kappa shape index (κ2) is 5.31. The van der Waals surface area contributed by atoms with Gasteiger partial charge in [-0.1, -0.05) is 57.0 Å². The standard InChI is InChI=1S/C15H10BrClN2O/c16-11-5-1-4-10(7-11)14-13(15(18)20-19-14)9-3-2-6-12(17)8-9/h1-8H,18H2. The Hall–Kier alpha value is -1.78. The zero-order valence-corrected chi connectivity index (χ0v) is 12.6. The van der Waals surface area contributed by atoms with Gasteiger partial charge >= 0.3 is 0 Å². The summed E-state index contributed by atoms with van der Waals surface area (Å²) in [4.78, 5) is 0. The third-order valence-corrected chi connectivity index (χ3v) is 3.66. The molecule has 20 heavy (non-hydrogen) atoms. The summed E-state index contributed by atoms with van der Waals surface area (Å²) in [5, 5.41) is 4.71. The van der Waals surface area contributed by atoms with E-state index >= 15 is 0 Å². The van der Waals surface area contributed by atoms with Gasteiger partial charge in [0.1, 0.15) is 5.69 Å². The maximum atomic E-state index is 6.04. The Labute approximate surface area is 129 Å². The van der Waals surface area contributed by atoms with Crippen LogP contribution in [0.25, 0.3) is 22.4 Å². The molecule has 0 atom stereocenters. The number of benzene rings is 2. The minimum atomic E-state index is 0.280. The summed E-state index contributed by atoms with van der Waals surface area (Å²) < 4.78 is 6.12. The fraction of sp³-hybridized carbons (Fsp3) is 0. The second-order valence-electron chi connectivity index (χ2n) is 4.29. The number of rotatable bonds is 2. The minimum Gasteiger partial charge on any atom is -0.367 e. The number of nitrogen functional groups attached to an aromatic ring is 1. The van der Waals surface area contributed by atoms with Gasteiger partial charge in [0.2, 0.25) is 5.88 Å². The monoisotopic (exact) mass is 348 g/mol. The van der Waals surface area contributed by atoms with E-state index in [0.717, 1.165) is 21.2 Å². The van der Waals surface area contributed by atoms with Crippen LogP contribution in [-0.4, -0.2) is 5.16 Å². The van der Waals surface area contributed by atoms with Gasteiger partial charge in [-0.3, -0.25) is 0 Å². The summed E-state index contributed by atoms with van der Waals surface area (Å²) in [5.74, 6) is 0.280. The van der Waals surface area contributed by atoms with Crippen LogP contribution in [0.5, 0.6) is 0 Å². The number of nitrogens with zero attached hydrogens (tertiary/aromatic N) is 1. The lowest BCUT2D eigenvalue weighted by Gasteiger charge is -2.04. The lowest BCUT2D eigenvalue weighted by molar-refractivity contribution is 0.439. The van der Waals surface area contributed by atoms with Crippen molar-refractivity contribution in [2.24, 2.45) is 0 Å². The van der Waals surface area contributed by atoms with Gasteiger partial charge in [-0.15, -0.1) is 0 Å². The molecule has 3 aromatic rings. The predicted molar refractivity (Wildman–Crippen MR) is 84.5 cm³/mol. The Balaban J connectivity index is 2.20. The van der Waals surface area contributed by atoms with Crippen molar-refractivity contribution in [2.75, 3.05) is 5.73 Å². The summed E-state index contributed by atoms with van der Waals surface area (Å²) in [6.07, 6.45) is 0. The summed E-state index contributed by atoms with van der Waals surface area (Å²) in [6.45, 7) is 0. The van der Waals surface area contributed by atoms with E-state index in [2.05, 4.69) is 21.1 Å². The predicted octanol–water partition coefficient (Wildman–Crippen LogP) is 5.01.